The fraction of sp³-hybridized carbons (Fsp3) is 0.917. The first-order chi connectivity index (χ1) is 13.9. The van der Waals surface area contributed by atoms with Crippen LogP contribution in [0.5, 0.6) is 0 Å². The van der Waals surface area contributed by atoms with Crippen LogP contribution in [0.15, 0.2) is 0 Å². The Balaban J connectivity index is 1.70. The summed E-state index contributed by atoms with van der Waals surface area (Å²) in [6, 6.07) is 0. The zero-order valence-corrected chi connectivity index (χ0v) is 21.2. The maximum Gasteiger partial charge on any atom is 0.315 e. The number of carbonyl (C=O) groups excluding carboxylic acids is 2. The van der Waals surface area contributed by atoms with E-state index in [1.807, 2.05) is 0 Å². The monoisotopic (exact) mass is 438 g/mol. The van der Waals surface area contributed by atoms with E-state index in [1.54, 1.807) is 0 Å². The number of rotatable bonds is 9. The predicted molar refractivity (Wildman–Crippen MR) is 120 cm³/mol. The summed E-state index contributed by atoms with van der Waals surface area (Å²) in [5.41, 5.74) is -0.446. The van der Waals surface area contributed by atoms with E-state index < -0.39 is 14.2 Å². The lowest BCUT2D eigenvalue weighted by Crippen LogP contribution is -2.56. The minimum atomic E-state index is -0.826. The molecule has 6 heteroatoms. The third-order valence-electron chi connectivity index (χ3n) is 7.03. The number of carbonyl (C=O) groups is 2. The Bertz CT molecular complexity index is 640. The van der Waals surface area contributed by atoms with Gasteiger partial charge in [-0.25, -0.2) is 0 Å². The smallest absolute Gasteiger partial charge is 0.315 e. The second-order valence-corrected chi connectivity index (χ2v) is 15.2. The van der Waals surface area contributed by atoms with E-state index in [0.29, 0.717) is 12.5 Å². The predicted octanol–water partition coefficient (Wildman–Crippen LogP) is 4.38. The van der Waals surface area contributed by atoms with Gasteiger partial charge >= 0.3 is 11.9 Å². The number of esters is 2. The van der Waals surface area contributed by atoms with Crippen LogP contribution in [-0.4, -0.2) is 45.8 Å². The van der Waals surface area contributed by atoms with Gasteiger partial charge in [-0.15, -0.1) is 0 Å². The Morgan fingerprint density at radius 3 is 2.57 bits per heavy atom. The van der Waals surface area contributed by atoms with Crippen LogP contribution in [-0.2, 0) is 23.8 Å². The minimum Gasteiger partial charge on any atom is -0.458 e. The van der Waals surface area contributed by atoms with Crippen LogP contribution in [0.25, 0.3) is 0 Å². The van der Waals surface area contributed by atoms with Crippen LogP contribution in [0, 0.1) is 34.5 Å². The third-order valence-corrected chi connectivity index (χ3v) is 7.93. The maximum atomic E-state index is 13.2. The molecule has 1 heterocycles. The SMILES string of the molecule is CC(C)CC(CC(C)(C)C)C(=O)OC1C2CCC3C1OC(=O)C3(COC[SiH](C)C)C2. The third kappa shape index (κ3) is 4.95. The highest BCUT2D eigenvalue weighted by Gasteiger charge is 2.68. The summed E-state index contributed by atoms with van der Waals surface area (Å²) in [7, 11) is -0.826. The lowest BCUT2D eigenvalue weighted by Gasteiger charge is -2.49. The van der Waals surface area contributed by atoms with E-state index in [4.69, 9.17) is 14.2 Å². The summed E-state index contributed by atoms with van der Waals surface area (Å²) >= 11 is 0. The molecule has 4 aliphatic rings. The van der Waals surface area contributed by atoms with Crippen molar-refractivity contribution in [2.24, 2.45) is 34.5 Å². The average molecular weight is 439 g/mol. The van der Waals surface area contributed by atoms with E-state index in [-0.39, 0.29) is 47.3 Å². The van der Waals surface area contributed by atoms with Gasteiger partial charge in [-0.05, 0) is 43.4 Å². The normalized spacial score (nSPS) is 33.8. The van der Waals surface area contributed by atoms with Crippen molar-refractivity contribution in [2.75, 3.05) is 12.8 Å². The van der Waals surface area contributed by atoms with Crippen molar-refractivity contribution in [1.82, 2.24) is 0 Å². The Hall–Kier alpha value is -0.883. The Morgan fingerprint density at radius 2 is 1.97 bits per heavy atom. The van der Waals surface area contributed by atoms with E-state index in [9.17, 15) is 9.59 Å². The first-order valence-electron chi connectivity index (χ1n) is 11.9. The molecule has 4 bridgehead atoms. The second kappa shape index (κ2) is 8.93. The molecule has 0 amide bonds. The average Bonchev–Trinajstić information content (AvgIpc) is 2.84. The Kier molecular flexibility index (Phi) is 7.08. The zero-order chi connectivity index (χ0) is 22.3. The van der Waals surface area contributed by atoms with Gasteiger partial charge in [-0.3, -0.25) is 9.59 Å². The highest BCUT2D eigenvalue weighted by Crippen LogP contribution is 2.59. The first kappa shape index (κ1) is 23.8. The van der Waals surface area contributed by atoms with Gasteiger partial charge in [0.1, 0.15) is 12.2 Å². The Morgan fingerprint density at radius 1 is 1.27 bits per heavy atom. The van der Waals surface area contributed by atoms with Crippen molar-refractivity contribution >= 4 is 20.7 Å². The summed E-state index contributed by atoms with van der Waals surface area (Å²) in [5.74, 6) is 0.418. The molecule has 4 fully saturated rings. The number of fused-ring (bicyclic) bond motifs is 1. The van der Waals surface area contributed by atoms with Gasteiger partial charge < -0.3 is 14.2 Å². The summed E-state index contributed by atoms with van der Waals surface area (Å²) in [5, 5.41) is 0. The standard InChI is InChI=1S/C24H42O5Si/c1-15(2)10-17(11-23(3,4)5)21(25)28-19-16-8-9-18-20(19)29-22(26)24(18,12-16)13-27-14-30(6)7/h15-20,30H,8-14H2,1-7H3. The first-order valence-corrected chi connectivity index (χ1v) is 15.0. The van der Waals surface area contributed by atoms with Gasteiger partial charge in [0.15, 0.2) is 0 Å². The molecule has 6 atom stereocenters. The van der Waals surface area contributed by atoms with Crippen molar-refractivity contribution in [3.8, 4) is 0 Å². The van der Waals surface area contributed by atoms with Gasteiger partial charge in [0.05, 0.1) is 26.7 Å². The number of hydrogen-bond donors (Lipinski definition) is 0. The fourth-order valence-corrected chi connectivity index (χ4v) is 6.53. The molecule has 1 aliphatic heterocycles. The molecule has 3 saturated carbocycles. The summed E-state index contributed by atoms with van der Waals surface area (Å²) in [4.78, 5) is 26.1. The highest BCUT2D eigenvalue weighted by atomic mass is 28.3. The van der Waals surface area contributed by atoms with Crippen molar-refractivity contribution < 1.29 is 23.8 Å². The van der Waals surface area contributed by atoms with E-state index >= 15 is 0 Å². The van der Waals surface area contributed by atoms with Crippen molar-refractivity contribution in [2.45, 2.75) is 92.0 Å². The molecule has 1 saturated heterocycles. The molecular weight excluding hydrogens is 396 g/mol. The van der Waals surface area contributed by atoms with Crippen LogP contribution in [0.4, 0.5) is 0 Å². The minimum absolute atomic E-state index is 0.0657. The van der Waals surface area contributed by atoms with E-state index in [0.717, 1.165) is 38.3 Å². The van der Waals surface area contributed by atoms with Crippen LogP contribution >= 0.6 is 0 Å². The summed E-state index contributed by atoms with van der Waals surface area (Å²) in [6.45, 7) is 15.8. The second-order valence-electron chi connectivity index (χ2n) is 12.1. The molecule has 6 unspecified atom stereocenters. The van der Waals surface area contributed by atoms with Crippen molar-refractivity contribution in [3.05, 3.63) is 0 Å². The molecule has 0 radical (unpaired) electrons. The van der Waals surface area contributed by atoms with Gasteiger partial charge in [-0.1, -0.05) is 47.7 Å². The van der Waals surface area contributed by atoms with Crippen LogP contribution in [0.2, 0.25) is 13.1 Å². The van der Waals surface area contributed by atoms with Crippen molar-refractivity contribution in [3.63, 3.8) is 0 Å². The molecule has 0 aromatic heterocycles. The quantitative estimate of drug-likeness (QED) is 0.395. The molecule has 3 aliphatic carbocycles. The lowest BCUT2D eigenvalue weighted by atomic mass is 9.55. The van der Waals surface area contributed by atoms with E-state index in [2.05, 4.69) is 47.7 Å². The molecule has 0 aromatic carbocycles. The Labute approximate surface area is 184 Å². The molecular formula is C24H42O5Si. The lowest BCUT2D eigenvalue weighted by molar-refractivity contribution is -0.181. The van der Waals surface area contributed by atoms with E-state index in [1.165, 1.54) is 0 Å². The maximum absolute atomic E-state index is 13.2. The molecule has 172 valence electrons. The highest BCUT2D eigenvalue weighted by molar-refractivity contribution is 6.55. The van der Waals surface area contributed by atoms with Gasteiger partial charge in [0.2, 0.25) is 0 Å². The van der Waals surface area contributed by atoms with Gasteiger partial charge in [-0.2, -0.15) is 0 Å². The molecule has 30 heavy (non-hydrogen) atoms. The molecule has 5 nitrogen and oxygen atoms in total. The van der Waals surface area contributed by atoms with Crippen molar-refractivity contribution in [1.29, 1.82) is 0 Å². The van der Waals surface area contributed by atoms with Gasteiger partial charge in [0, 0.05) is 18.1 Å². The number of hydrogen-bond acceptors (Lipinski definition) is 5. The van der Waals surface area contributed by atoms with Crippen LogP contribution in [0.3, 0.4) is 0 Å². The zero-order valence-electron chi connectivity index (χ0n) is 20.0. The molecule has 0 N–H and O–H groups in total. The fourth-order valence-electron chi connectivity index (χ4n) is 5.94. The summed E-state index contributed by atoms with van der Waals surface area (Å²) < 4.78 is 18.0. The number of ether oxygens (including phenoxy) is 3. The molecule has 4 rings (SSSR count). The molecule has 0 aromatic rings. The summed E-state index contributed by atoms with van der Waals surface area (Å²) in [6.07, 6.45) is 4.56. The van der Waals surface area contributed by atoms with Gasteiger partial charge in [0.25, 0.3) is 0 Å². The topological polar surface area (TPSA) is 61.8 Å². The molecule has 0 spiro atoms. The van der Waals surface area contributed by atoms with Crippen LogP contribution < -0.4 is 0 Å². The largest absolute Gasteiger partial charge is 0.458 e. The van der Waals surface area contributed by atoms with Crippen LogP contribution in [0.1, 0.15) is 66.7 Å².